The van der Waals surface area contributed by atoms with E-state index in [2.05, 4.69) is 20.9 Å². The van der Waals surface area contributed by atoms with E-state index < -0.39 is 17.7 Å². The van der Waals surface area contributed by atoms with Gasteiger partial charge in [0, 0.05) is 12.6 Å². The van der Waals surface area contributed by atoms with Gasteiger partial charge >= 0.3 is 0 Å². The number of hydrogen-bond donors (Lipinski definition) is 1. The van der Waals surface area contributed by atoms with Crippen LogP contribution in [0.3, 0.4) is 0 Å². The molecule has 0 spiro atoms. The first-order valence-electron chi connectivity index (χ1n) is 4.87. The first-order chi connectivity index (χ1) is 8.02. The van der Waals surface area contributed by atoms with Crippen molar-refractivity contribution >= 4 is 15.9 Å². The molecule has 0 aliphatic carbocycles. The average Bonchev–Trinajstić information content (AvgIpc) is 2.70. The molecular weight excluding hydrogens is 292 g/mol. The summed E-state index contributed by atoms with van der Waals surface area (Å²) in [6, 6.07) is 1.60. The second kappa shape index (κ2) is 4.54. The Labute approximate surface area is 105 Å². The van der Waals surface area contributed by atoms with Gasteiger partial charge in [-0.1, -0.05) is 0 Å². The number of nitrogens with two attached hydrogens (primary N) is 1. The zero-order valence-electron chi connectivity index (χ0n) is 8.99. The molecule has 0 amide bonds. The monoisotopic (exact) mass is 301 g/mol. The van der Waals surface area contributed by atoms with Gasteiger partial charge in [0.05, 0.1) is 28.7 Å². The molecule has 1 atom stereocenters. The van der Waals surface area contributed by atoms with Crippen LogP contribution in [0.25, 0.3) is 0 Å². The van der Waals surface area contributed by atoms with Crippen LogP contribution in [-0.2, 0) is 7.05 Å². The molecule has 0 saturated heterocycles. The molecule has 2 aromatic rings. The van der Waals surface area contributed by atoms with Crippen molar-refractivity contribution in [1.29, 1.82) is 0 Å². The summed E-state index contributed by atoms with van der Waals surface area (Å²) in [5.74, 6) is -1.35. The maximum absolute atomic E-state index is 13.8. The number of hydrogen-bond acceptors (Lipinski definition) is 2. The molecule has 3 nitrogen and oxygen atoms in total. The normalized spacial score (nSPS) is 12.8. The van der Waals surface area contributed by atoms with Crippen LogP contribution in [0.5, 0.6) is 0 Å². The summed E-state index contributed by atoms with van der Waals surface area (Å²) >= 11 is 3.01. The molecule has 90 valence electrons. The fraction of sp³-hybridized carbons (Fsp3) is 0.182. The predicted molar refractivity (Wildman–Crippen MR) is 63.3 cm³/mol. The van der Waals surface area contributed by atoms with Crippen LogP contribution >= 0.6 is 15.9 Å². The van der Waals surface area contributed by atoms with Crippen molar-refractivity contribution in [3.8, 4) is 0 Å². The second-order valence-corrected chi connectivity index (χ2v) is 4.52. The fourth-order valence-electron chi connectivity index (χ4n) is 1.64. The number of aryl methyl sites for hydroxylation is 1. The van der Waals surface area contributed by atoms with Gasteiger partial charge in [0.2, 0.25) is 0 Å². The van der Waals surface area contributed by atoms with Crippen LogP contribution in [-0.4, -0.2) is 9.55 Å². The lowest BCUT2D eigenvalue weighted by Crippen LogP contribution is -2.18. The van der Waals surface area contributed by atoms with Gasteiger partial charge in [0.25, 0.3) is 0 Å². The summed E-state index contributed by atoms with van der Waals surface area (Å²) in [6.07, 6.45) is 3.02. The van der Waals surface area contributed by atoms with Crippen molar-refractivity contribution in [2.45, 2.75) is 6.04 Å². The predicted octanol–water partition coefficient (Wildman–Crippen LogP) is 2.51. The summed E-state index contributed by atoms with van der Waals surface area (Å²) in [5, 5.41) is 0. The summed E-state index contributed by atoms with van der Waals surface area (Å²) in [5.41, 5.74) is 6.25. The number of nitrogens with zero attached hydrogens (tertiary/aromatic N) is 2. The summed E-state index contributed by atoms with van der Waals surface area (Å²) in [7, 11) is 1.72. The number of rotatable bonds is 2. The molecule has 0 aliphatic rings. The van der Waals surface area contributed by atoms with E-state index in [0.29, 0.717) is 5.69 Å². The molecule has 17 heavy (non-hydrogen) atoms. The van der Waals surface area contributed by atoms with E-state index in [1.165, 1.54) is 24.7 Å². The third-order valence-corrected chi connectivity index (χ3v) is 3.18. The summed E-state index contributed by atoms with van der Waals surface area (Å²) < 4.78 is 29.3. The van der Waals surface area contributed by atoms with Crippen molar-refractivity contribution < 1.29 is 8.78 Å². The molecular formula is C11H10BrF2N3. The Morgan fingerprint density at radius 1 is 1.41 bits per heavy atom. The Hall–Kier alpha value is -1.27. The van der Waals surface area contributed by atoms with Crippen LogP contribution in [0, 0.1) is 11.6 Å². The van der Waals surface area contributed by atoms with Gasteiger partial charge in [-0.15, -0.1) is 0 Å². The van der Waals surface area contributed by atoms with Crippen LogP contribution in [0.1, 0.15) is 17.3 Å². The van der Waals surface area contributed by atoms with Gasteiger partial charge in [-0.2, -0.15) is 0 Å². The summed E-state index contributed by atoms with van der Waals surface area (Å²) in [4.78, 5) is 3.88. The van der Waals surface area contributed by atoms with E-state index in [9.17, 15) is 8.78 Å². The van der Waals surface area contributed by atoms with Crippen molar-refractivity contribution in [2.75, 3.05) is 0 Å². The lowest BCUT2D eigenvalue weighted by Gasteiger charge is -2.15. The molecule has 1 unspecified atom stereocenters. The van der Waals surface area contributed by atoms with Gasteiger partial charge < -0.3 is 10.3 Å². The number of benzene rings is 1. The largest absolute Gasteiger partial charge is 0.336 e. The van der Waals surface area contributed by atoms with Crippen molar-refractivity contribution in [2.24, 2.45) is 12.8 Å². The minimum Gasteiger partial charge on any atom is -0.336 e. The fourth-order valence-corrected chi connectivity index (χ4v) is 1.99. The zero-order valence-corrected chi connectivity index (χ0v) is 10.6. The van der Waals surface area contributed by atoms with E-state index in [0.717, 1.165) is 0 Å². The first kappa shape index (κ1) is 12.2. The van der Waals surface area contributed by atoms with Crippen molar-refractivity contribution in [3.05, 3.63) is 52.0 Å². The third kappa shape index (κ3) is 2.10. The highest BCUT2D eigenvalue weighted by atomic mass is 79.9. The minimum absolute atomic E-state index is 0.164. The molecule has 1 aromatic heterocycles. The van der Waals surface area contributed by atoms with E-state index in [4.69, 9.17) is 5.73 Å². The van der Waals surface area contributed by atoms with Crippen molar-refractivity contribution in [3.63, 3.8) is 0 Å². The van der Waals surface area contributed by atoms with Crippen molar-refractivity contribution in [1.82, 2.24) is 9.55 Å². The van der Waals surface area contributed by atoms with E-state index in [-0.39, 0.29) is 10.0 Å². The highest BCUT2D eigenvalue weighted by molar-refractivity contribution is 9.10. The molecule has 0 fully saturated rings. The maximum atomic E-state index is 13.8. The molecule has 0 saturated carbocycles. The Morgan fingerprint density at radius 2 is 2.12 bits per heavy atom. The summed E-state index contributed by atoms with van der Waals surface area (Å²) in [6.45, 7) is 0. The topological polar surface area (TPSA) is 43.8 Å². The molecule has 2 rings (SSSR count). The maximum Gasteiger partial charge on any atom is 0.145 e. The third-order valence-electron chi connectivity index (χ3n) is 2.56. The van der Waals surface area contributed by atoms with E-state index >= 15 is 0 Å². The van der Waals surface area contributed by atoms with Gasteiger partial charge in [-0.25, -0.2) is 13.8 Å². The molecule has 0 bridgehead atoms. The van der Waals surface area contributed by atoms with Gasteiger partial charge in [0.15, 0.2) is 0 Å². The number of imidazole rings is 1. The number of aromatic nitrogens is 2. The molecule has 0 radical (unpaired) electrons. The quantitative estimate of drug-likeness (QED) is 0.866. The highest BCUT2D eigenvalue weighted by Crippen LogP contribution is 2.28. The lowest BCUT2D eigenvalue weighted by molar-refractivity contribution is 0.533. The molecule has 1 aromatic carbocycles. The molecule has 2 N–H and O–H groups in total. The first-order valence-corrected chi connectivity index (χ1v) is 5.67. The van der Waals surface area contributed by atoms with Gasteiger partial charge in [0.1, 0.15) is 11.6 Å². The Kier molecular flexibility index (Phi) is 3.26. The highest BCUT2D eigenvalue weighted by Gasteiger charge is 2.22. The number of halogens is 3. The average molecular weight is 302 g/mol. The minimum atomic E-state index is -0.889. The van der Waals surface area contributed by atoms with E-state index in [1.807, 2.05) is 0 Å². The van der Waals surface area contributed by atoms with Crippen LogP contribution in [0.4, 0.5) is 8.78 Å². The Bertz CT molecular complexity index is 554. The second-order valence-electron chi connectivity index (χ2n) is 3.66. The Morgan fingerprint density at radius 3 is 2.71 bits per heavy atom. The zero-order chi connectivity index (χ0) is 12.6. The molecule has 1 heterocycles. The Balaban J connectivity index is 2.55. The standard InChI is InChI=1S/C11H10BrF2N3/c1-17-5-16-4-8(17)11(15)9-7(13)3-2-6(12)10(9)14/h2-5,11H,15H2,1H3. The van der Waals surface area contributed by atoms with Gasteiger partial charge in [-0.05, 0) is 28.1 Å². The van der Waals surface area contributed by atoms with Crippen LogP contribution in [0.15, 0.2) is 29.1 Å². The SMILES string of the molecule is Cn1cncc1C(N)c1c(F)ccc(Br)c1F. The smallest absolute Gasteiger partial charge is 0.145 e. The van der Waals surface area contributed by atoms with Crippen LogP contribution < -0.4 is 5.73 Å². The van der Waals surface area contributed by atoms with Crippen LogP contribution in [0.2, 0.25) is 0 Å². The molecule has 0 aliphatic heterocycles. The van der Waals surface area contributed by atoms with E-state index in [1.54, 1.807) is 11.6 Å². The lowest BCUT2D eigenvalue weighted by atomic mass is 10.0. The van der Waals surface area contributed by atoms with Gasteiger partial charge in [-0.3, -0.25) is 0 Å². The molecule has 6 heteroatoms.